The van der Waals surface area contributed by atoms with Gasteiger partial charge in [0, 0.05) is 236 Å². The molecular weight excluding hydrogens is 1770 g/mol. The van der Waals surface area contributed by atoms with E-state index in [-0.39, 0.29) is 29.1 Å². The van der Waals surface area contributed by atoms with Crippen LogP contribution in [0.25, 0.3) is 22.6 Å². The molecule has 4 aromatic carbocycles. The van der Waals surface area contributed by atoms with E-state index in [1.54, 1.807) is 153 Å². The van der Waals surface area contributed by atoms with Crippen molar-refractivity contribution >= 4 is 80.6 Å². The summed E-state index contributed by atoms with van der Waals surface area (Å²) in [5.41, 5.74) is 17.6. The Morgan fingerprint density at radius 2 is 0.604 bits per heavy atom. The van der Waals surface area contributed by atoms with E-state index in [2.05, 4.69) is 209 Å². The Kier molecular flexibility index (Phi) is 31.0. The molecule has 0 aliphatic carbocycles. The Morgan fingerprint density at radius 1 is 0.317 bits per heavy atom. The lowest BCUT2D eigenvalue weighted by Crippen LogP contribution is -2.44. The van der Waals surface area contributed by atoms with Crippen LogP contribution in [0.1, 0.15) is 114 Å². The molecule has 32 nitrogen and oxygen atoms in total. The molecule has 16 heterocycles. The van der Waals surface area contributed by atoms with Gasteiger partial charge in [-0.15, -0.1) is 0 Å². The number of aryl methyl sites for hydroxylation is 1. The molecule has 139 heavy (non-hydrogen) atoms. The highest BCUT2D eigenvalue weighted by atomic mass is 35.5. The van der Waals surface area contributed by atoms with Gasteiger partial charge in [0.15, 0.2) is 22.6 Å². The number of piperazine rings is 4. The first-order valence-corrected chi connectivity index (χ1v) is 45.8. The topological polar surface area (TPSA) is 315 Å². The summed E-state index contributed by atoms with van der Waals surface area (Å²) in [5.74, 6) is 23.1. The first-order chi connectivity index (χ1) is 67.8. The van der Waals surface area contributed by atoms with Crippen molar-refractivity contribution in [1.29, 1.82) is 0 Å². The number of hydrogen-bond acceptors (Lipinski definition) is 24. The fourth-order valence-corrected chi connectivity index (χ4v) is 16.0. The SMILES string of the molecule is CN1CCN(Cc2ccc(C(=O)Nc3cncc(C#Cc4cnc5cccnn45)c3)cc2)CC1.CN1CCN(Cc2ccc(C(=O)Nc3cncc(C#Cc4cnc5cccnn45)c3)cc2Cl)CC1.CN1CCN(Cc2ccc(C(=O)Nc3cncc(C#Cc4cnc5cccnn45)c3)cc2F)CC1.Cc1cc(C(=O)Nc2cncc(C#Cc3cnc4cccnn34)c2)ccc1CN1CCN(C)CC1. The van der Waals surface area contributed by atoms with Gasteiger partial charge in [0.1, 0.15) is 28.6 Å². The Morgan fingerprint density at radius 3 is 0.935 bits per heavy atom. The molecular formula is C105H100ClFN28O4. The number of aromatic nitrogens is 16. The van der Waals surface area contributed by atoms with Gasteiger partial charge < -0.3 is 40.9 Å². The predicted octanol–water partition coefficient (Wildman–Crippen LogP) is 11.2. The van der Waals surface area contributed by atoms with E-state index in [1.807, 2.05) is 97.1 Å². The lowest BCUT2D eigenvalue weighted by Gasteiger charge is -2.32. The van der Waals surface area contributed by atoms with Gasteiger partial charge >= 0.3 is 0 Å². The summed E-state index contributed by atoms with van der Waals surface area (Å²) in [6.07, 6.45) is 26.3. The third-order valence-electron chi connectivity index (χ3n) is 23.9. The fraction of sp³-hybridized carbons (Fsp3) is 0.238. The number of imidazole rings is 4. The maximum absolute atomic E-state index is 14.7. The van der Waals surface area contributed by atoms with E-state index in [0.29, 0.717) is 107 Å². The fourth-order valence-electron chi connectivity index (χ4n) is 15.7. The Labute approximate surface area is 808 Å². The summed E-state index contributed by atoms with van der Waals surface area (Å²) in [7, 11) is 8.53. The molecule has 4 amide bonds. The molecule has 0 radical (unpaired) electrons. The molecule has 4 fully saturated rings. The van der Waals surface area contributed by atoms with Crippen LogP contribution >= 0.6 is 11.6 Å². The molecule has 12 aromatic heterocycles. The van der Waals surface area contributed by atoms with E-state index in [1.165, 1.54) is 23.4 Å². The lowest BCUT2D eigenvalue weighted by atomic mass is 10.0. The number of anilines is 4. The minimum atomic E-state index is -0.409. The second-order valence-electron chi connectivity index (χ2n) is 34.2. The van der Waals surface area contributed by atoms with Crippen LogP contribution in [0.15, 0.2) is 251 Å². The van der Waals surface area contributed by atoms with E-state index in [9.17, 15) is 23.6 Å². The van der Waals surface area contributed by atoms with Gasteiger partial charge in [0.2, 0.25) is 0 Å². The van der Waals surface area contributed by atoms with E-state index >= 15 is 0 Å². The van der Waals surface area contributed by atoms with E-state index in [0.717, 1.165) is 152 Å². The summed E-state index contributed by atoms with van der Waals surface area (Å²) in [6.45, 7) is 21.7. The van der Waals surface area contributed by atoms with Crippen molar-refractivity contribution in [2.45, 2.75) is 33.1 Å². The molecule has 698 valence electrons. The number of carbonyl (C=O) groups is 4. The van der Waals surface area contributed by atoms with Gasteiger partial charge in [0.05, 0.1) is 72.3 Å². The summed E-state index contributed by atoms with van der Waals surface area (Å²) < 4.78 is 21.4. The summed E-state index contributed by atoms with van der Waals surface area (Å²) >= 11 is 6.52. The number of fused-ring (bicyclic) bond motifs is 4. The Bertz CT molecular complexity index is 6870. The quantitative estimate of drug-likeness (QED) is 0.0653. The summed E-state index contributed by atoms with van der Waals surface area (Å²) in [6, 6.07) is 45.6. The lowest BCUT2D eigenvalue weighted by molar-refractivity contribution is 0.101. The van der Waals surface area contributed by atoms with Crippen molar-refractivity contribution in [3.8, 4) is 47.4 Å². The number of carbonyl (C=O) groups excluding carboxylic acids is 4. The Hall–Kier alpha value is -16.0. The smallest absolute Gasteiger partial charge is 0.255 e. The number of halogens is 2. The number of nitrogens with one attached hydrogen (secondary N) is 4. The zero-order valence-electron chi connectivity index (χ0n) is 77.4. The zero-order chi connectivity index (χ0) is 95.9. The van der Waals surface area contributed by atoms with E-state index < -0.39 is 5.91 Å². The second kappa shape index (κ2) is 45.5. The van der Waals surface area contributed by atoms with Gasteiger partial charge in [-0.05, 0) is 202 Å². The molecule has 4 saturated heterocycles. The van der Waals surface area contributed by atoms with Crippen molar-refractivity contribution in [1.82, 2.24) is 118 Å². The molecule has 0 saturated carbocycles. The minimum absolute atomic E-state index is 0.169. The number of likely N-dealkylation sites (N-methyl/N-ethyl adjacent to an activating group) is 4. The molecule has 4 aliphatic rings. The molecule has 16 aromatic rings. The van der Waals surface area contributed by atoms with Crippen molar-refractivity contribution in [3.05, 3.63) is 357 Å². The molecule has 0 bridgehead atoms. The van der Waals surface area contributed by atoms with Crippen molar-refractivity contribution in [2.24, 2.45) is 0 Å². The van der Waals surface area contributed by atoms with Crippen molar-refractivity contribution in [3.63, 3.8) is 0 Å². The third kappa shape index (κ3) is 25.8. The minimum Gasteiger partial charge on any atom is -0.321 e. The van der Waals surface area contributed by atoms with Crippen LogP contribution in [0.5, 0.6) is 0 Å². The number of rotatable bonds is 16. The number of hydrogen-bond donors (Lipinski definition) is 4. The third-order valence-corrected chi connectivity index (χ3v) is 24.2. The summed E-state index contributed by atoms with van der Waals surface area (Å²) in [5, 5.41) is 29.1. The number of benzene rings is 4. The van der Waals surface area contributed by atoms with Crippen molar-refractivity contribution in [2.75, 3.05) is 154 Å². The number of nitrogens with zero attached hydrogens (tertiary/aromatic N) is 24. The molecule has 20 rings (SSSR count). The van der Waals surface area contributed by atoms with Crippen molar-refractivity contribution < 1.29 is 23.6 Å². The average molecular weight is 1870 g/mol. The first kappa shape index (κ1) is 94.7. The van der Waals surface area contributed by atoms with Gasteiger partial charge in [-0.1, -0.05) is 65.6 Å². The van der Waals surface area contributed by atoms with Crippen LogP contribution < -0.4 is 21.3 Å². The standard InChI is InChI=1S/C27H27N7O.C26H24ClN7O.C26H24FN7O.C26H25N7O/c1-20-14-22(6-7-23(20)19-33-12-10-32(2)11-13-33)27(35)31-24-15-21(16-28-17-24)5-8-25-18-29-26-4-3-9-30-34(25)26;2*1-32-9-11-33(12-10-32)18-21-6-5-20(14-24(21)27)26(35)31-22-13-19(15-28-16-22)4-7-23-17-29-25-3-2-8-30-34(23)25;1-31-11-13-32(14-12-31)19-20-4-7-22(8-5-20)26(34)30-23-15-21(16-27-17-23)6-9-24-18-28-25-3-2-10-29-33(24)25/h3-4,6-7,9,14-18H,10-13,19H2,1-2H3,(H,31,35);2*2-3,5-6,8,13-17H,9-12,18H2,1H3,(H,31,35);2-5,7-8,10,15-18H,11-14,19H2,1H3,(H,30,34). The molecule has 4 aliphatic heterocycles. The van der Waals surface area contributed by atoms with Gasteiger partial charge in [0.25, 0.3) is 23.6 Å². The van der Waals surface area contributed by atoms with Gasteiger partial charge in [-0.3, -0.25) is 58.7 Å². The molecule has 0 unspecified atom stereocenters. The number of amides is 4. The van der Waals surface area contributed by atoms with Crippen LogP contribution in [-0.4, -0.2) is 274 Å². The predicted molar refractivity (Wildman–Crippen MR) is 531 cm³/mol. The molecule has 0 spiro atoms. The number of pyridine rings is 4. The van der Waals surface area contributed by atoms with Crippen LogP contribution in [0.4, 0.5) is 27.1 Å². The maximum Gasteiger partial charge on any atom is 0.255 e. The van der Waals surface area contributed by atoms with Crippen LogP contribution in [0, 0.1) is 60.1 Å². The highest BCUT2D eigenvalue weighted by Gasteiger charge is 2.23. The summed E-state index contributed by atoms with van der Waals surface area (Å²) in [4.78, 5) is 104. The normalized spacial score (nSPS) is 14.5. The highest BCUT2D eigenvalue weighted by Crippen LogP contribution is 2.25. The largest absolute Gasteiger partial charge is 0.321 e. The molecule has 0 atom stereocenters. The monoisotopic (exact) mass is 1870 g/mol. The van der Waals surface area contributed by atoms with Crippen LogP contribution in [0.3, 0.4) is 0 Å². The zero-order valence-corrected chi connectivity index (χ0v) is 78.2. The highest BCUT2D eigenvalue weighted by molar-refractivity contribution is 6.32. The Balaban J connectivity index is 0.000000128. The second-order valence-corrected chi connectivity index (χ2v) is 34.6. The molecule has 4 N–H and O–H groups in total. The average Bonchev–Trinajstić information content (AvgIpc) is 1.56. The van der Waals surface area contributed by atoms with Gasteiger partial charge in [-0.2, -0.15) is 20.4 Å². The molecule has 34 heteroatoms. The van der Waals surface area contributed by atoms with Crippen LogP contribution in [-0.2, 0) is 26.2 Å². The first-order valence-electron chi connectivity index (χ1n) is 45.5. The van der Waals surface area contributed by atoms with Crippen LogP contribution in [0.2, 0.25) is 5.02 Å². The van der Waals surface area contributed by atoms with E-state index in [4.69, 9.17) is 11.6 Å². The van der Waals surface area contributed by atoms with Gasteiger partial charge in [-0.25, -0.2) is 42.4 Å². The maximum atomic E-state index is 14.7.